The molecule has 1 amide bonds. The number of ether oxygens (including phenoxy) is 1. The van der Waals surface area contributed by atoms with Gasteiger partial charge in [0, 0.05) is 42.9 Å². The molecular weight excluding hydrogens is 517 g/mol. The summed E-state index contributed by atoms with van der Waals surface area (Å²) in [7, 11) is 1.61. The predicted molar refractivity (Wildman–Crippen MR) is 160 cm³/mol. The number of fused-ring (bicyclic) bond motifs is 1. The monoisotopic (exact) mass is 553 g/mol. The molecular formula is C34H36FN3O3. The van der Waals surface area contributed by atoms with Crippen LogP contribution in [0.2, 0.25) is 0 Å². The molecule has 0 spiro atoms. The van der Waals surface area contributed by atoms with Crippen molar-refractivity contribution in [2.75, 3.05) is 20.3 Å². The Balaban J connectivity index is 1.23. The van der Waals surface area contributed by atoms with E-state index < -0.39 is 0 Å². The molecule has 1 aliphatic rings. The molecule has 1 unspecified atom stereocenters. The number of ketones is 1. The van der Waals surface area contributed by atoms with Crippen molar-refractivity contribution >= 4 is 22.6 Å². The highest BCUT2D eigenvalue weighted by atomic mass is 19.1. The second kappa shape index (κ2) is 12.6. The van der Waals surface area contributed by atoms with Gasteiger partial charge in [-0.3, -0.25) is 14.3 Å². The average molecular weight is 554 g/mol. The van der Waals surface area contributed by atoms with E-state index in [1.165, 1.54) is 12.1 Å². The predicted octanol–water partition coefficient (Wildman–Crippen LogP) is 6.83. The van der Waals surface area contributed by atoms with E-state index in [1.807, 2.05) is 55.1 Å². The van der Waals surface area contributed by atoms with Crippen LogP contribution in [0.5, 0.6) is 0 Å². The zero-order valence-corrected chi connectivity index (χ0v) is 23.9. The number of halogens is 1. The number of carbonyl (C=O) groups excluding carboxylic acids is 2. The topological polar surface area (TPSA) is 73.2 Å². The molecule has 1 aliphatic carbocycles. The Bertz CT molecular complexity index is 1600. The van der Waals surface area contributed by atoms with Gasteiger partial charge in [0.15, 0.2) is 5.78 Å². The fourth-order valence-electron chi connectivity index (χ4n) is 5.68. The molecule has 1 aromatic heterocycles. The van der Waals surface area contributed by atoms with Gasteiger partial charge in [-0.05, 0) is 104 Å². The molecule has 1 N–H and O–H groups in total. The third kappa shape index (κ3) is 6.46. The Morgan fingerprint density at radius 2 is 1.88 bits per heavy atom. The fraction of sp³-hybridized carbons (Fsp3) is 0.324. The number of Topliss-reactive ketones (excluding diaryl/α,β-unsaturated/α-hetero) is 1. The van der Waals surface area contributed by atoms with E-state index in [4.69, 9.17) is 9.84 Å². The first-order valence-corrected chi connectivity index (χ1v) is 14.2. The van der Waals surface area contributed by atoms with E-state index in [-0.39, 0.29) is 17.5 Å². The molecule has 0 saturated carbocycles. The summed E-state index contributed by atoms with van der Waals surface area (Å²) in [4.78, 5) is 26.0. The number of allylic oxidation sites excluding steroid dienone is 2. The normalized spacial score (nSPS) is 15.4. The van der Waals surface area contributed by atoms with Crippen molar-refractivity contribution in [1.82, 2.24) is 15.1 Å². The van der Waals surface area contributed by atoms with Crippen molar-refractivity contribution in [3.8, 4) is 11.1 Å². The van der Waals surface area contributed by atoms with Crippen LogP contribution >= 0.6 is 0 Å². The van der Waals surface area contributed by atoms with Crippen LogP contribution in [0.25, 0.3) is 22.0 Å². The van der Waals surface area contributed by atoms with E-state index in [2.05, 4.69) is 11.4 Å². The number of carbonyl (C=O) groups is 2. The quantitative estimate of drug-likeness (QED) is 0.182. The highest BCUT2D eigenvalue weighted by molar-refractivity contribution is 6.09. The van der Waals surface area contributed by atoms with Crippen LogP contribution in [-0.4, -0.2) is 41.7 Å². The molecule has 3 aromatic carbocycles. The number of methoxy groups -OCH3 is 1. The lowest BCUT2D eigenvalue weighted by molar-refractivity contribution is 0.0936. The van der Waals surface area contributed by atoms with E-state index in [0.29, 0.717) is 30.2 Å². The molecule has 7 heteroatoms. The molecule has 6 nitrogen and oxygen atoms in total. The Labute approximate surface area is 240 Å². The zero-order valence-electron chi connectivity index (χ0n) is 23.9. The summed E-state index contributed by atoms with van der Waals surface area (Å²) in [5.74, 6) is 0.101. The highest BCUT2D eigenvalue weighted by Crippen LogP contribution is 2.30. The molecule has 1 atom stereocenters. The lowest BCUT2D eigenvalue weighted by atomic mass is 9.93. The van der Waals surface area contributed by atoms with Gasteiger partial charge in [-0.25, -0.2) is 4.39 Å². The largest absolute Gasteiger partial charge is 0.383 e. The summed E-state index contributed by atoms with van der Waals surface area (Å²) in [6.07, 6.45) is 7.61. The van der Waals surface area contributed by atoms with Crippen LogP contribution in [0.4, 0.5) is 4.39 Å². The van der Waals surface area contributed by atoms with Crippen molar-refractivity contribution in [3.05, 3.63) is 101 Å². The minimum Gasteiger partial charge on any atom is -0.383 e. The zero-order chi connectivity index (χ0) is 28.9. The summed E-state index contributed by atoms with van der Waals surface area (Å²) in [5, 5.41) is 8.65. The first kappa shape index (κ1) is 28.4. The molecule has 0 saturated heterocycles. The second-order valence-corrected chi connectivity index (χ2v) is 10.8. The van der Waals surface area contributed by atoms with Gasteiger partial charge in [0.25, 0.3) is 5.91 Å². The number of hydrogen-bond acceptors (Lipinski definition) is 4. The smallest absolute Gasteiger partial charge is 0.251 e. The van der Waals surface area contributed by atoms with Crippen LogP contribution in [-0.2, 0) is 11.3 Å². The summed E-state index contributed by atoms with van der Waals surface area (Å²) in [6, 6.07) is 15.9. The first-order valence-electron chi connectivity index (χ1n) is 14.2. The summed E-state index contributed by atoms with van der Waals surface area (Å²) in [6.45, 7) is 5.65. The van der Waals surface area contributed by atoms with E-state index in [0.717, 1.165) is 71.0 Å². The third-order valence-electron chi connectivity index (χ3n) is 8.01. The first-order chi connectivity index (χ1) is 19.8. The maximum atomic E-state index is 13.4. The Kier molecular flexibility index (Phi) is 8.74. The molecule has 0 radical (unpaired) electrons. The number of hydrogen-bond donors (Lipinski definition) is 1. The minimum atomic E-state index is -0.264. The van der Waals surface area contributed by atoms with Gasteiger partial charge in [0.05, 0.1) is 12.1 Å². The van der Waals surface area contributed by atoms with Crippen molar-refractivity contribution in [1.29, 1.82) is 0 Å². The van der Waals surface area contributed by atoms with Crippen LogP contribution in [0.1, 0.15) is 57.5 Å². The van der Waals surface area contributed by atoms with Gasteiger partial charge in [-0.15, -0.1) is 0 Å². The lowest BCUT2D eigenvalue weighted by Crippen LogP contribution is -2.27. The van der Waals surface area contributed by atoms with E-state index >= 15 is 0 Å². The Morgan fingerprint density at radius 1 is 1.07 bits per heavy atom. The molecule has 0 bridgehead atoms. The van der Waals surface area contributed by atoms with Gasteiger partial charge in [-0.2, -0.15) is 5.10 Å². The number of aryl methyl sites for hydroxylation is 2. The van der Waals surface area contributed by atoms with Crippen LogP contribution in [0.15, 0.2) is 72.4 Å². The summed E-state index contributed by atoms with van der Waals surface area (Å²) in [5.41, 5.74) is 6.92. The van der Waals surface area contributed by atoms with Crippen molar-refractivity contribution in [2.24, 2.45) is 5.92 Å². The molecule has 5 rings (SSSR count). The lowest BCUT2D eigenvalue weighted by Gasteiger charge is -2.14. The minimum absolute atomic E-state index is 0.0798. The second-order valence-electron chi connectivity index (χ2n) is 10.8. The summed E-state index contributed by atoms with van der Waals surface area (Å²) < 4.78 is 20.3. The molecule has 212 valence electrons. The summed E-state index contributed by atoms with van der Waals surface area (Å²) >= 11 is 0. The van der Waals surface area contributed by atoms with Crippen molar-refractivity contribution in [3.63, 3.8) is 0 Å². The number of benzene rings is 3. The van der Waals surface area contributed by atoms with E-state index in [9.17, 15) is 14.0 Å². The van der Waals surface area contributed by atoms with Crippen molar-refractivity contribution in [2.45, 2.75) is 46.1 Å². The third-order valence-corrected chi connectivity index (χ3v) is 8.01. The standard InChI is InChI=1S/C34H36FN3O3/c1-22-19-27(11-14-29(22)25-9-12-28(35)13-10-25)33(39)26-6-4-5-24(7-8-26)20-38-21-31-23(2)30(15-16-32(31)37-38)34(40)36-17-18-41-3/h6,9-16,19,21,24H,4-5,7-8,17-18,20H2,1-3H3,(H,36,40). The number of amides is 1. The van der Waals surface area contributed by atoms with Crippen LogP contribution in [0.3, 0.4) is 0 Å². The van der Waals surface area contributed by atoms with Gasteiger partial charge in [-0.1, -0.05) is 30.3 Å². The number of aromatic nitrogens is 2. The Morgan fingerprint density at radius 3 is 2.63 bits per heavy atom. The highest BCUT2D eigenvalue weighted by Gasteiger charge is 2.21. The van der Waals surface area contributed by atoms with E-state index in [1.54, 1.807) is 19.2 Å². The van der Waals surface area contributed by atoms with Gasteiger partial charge >= 0.3 is 0 Å². The molecule has 0 fully saturated rings. The Hall–Kier alpha value is -4.10. The van der Waals surface area contributed by atoms with Crippen LogP contribution in [0, 0.1) is 25.6 Å². The maximum Gasteiger partial charge on any atom is 0.251 e. The van der Waals surface area contributed by atoms with Gasteiger partial charge in [0.1, 0.15) is 5.82 Å². The maximum absolute atomic E-state index is 13.4. The number of rotatable bonds is 9. The van der Waals surface area contributed by atoms with Crippen LogP contribution < -0.4 is 5.32 Å². The number of nitrogens with one attached hydrogen (secondary N) is 1. The SMILES string of the molecule is COCCNC(=O)c1ccc2nn(CC3CCC=C(C(=O)c4ccc(-c5ccc(F)cc5)c(C)c4)CC3)cc2c1C. The average Bonchev–Trinajstić information content (AvgIpc) is 3.24. The molecule has 41 heavy (non-hydrogen) atoms. The molecule has 1 heterocycles. The van der Waals surface area contributed by atoms with Gasteiger partial charge < -0.3 is 10.1 Å². The number of nitrogens with zero attached hydrogens (tertiary/aromatic N) is 2. The van der Waals surface area contributed by atoms with Gasteiger partial charge in [0.2, 0.25) is 0 Å². The fourth-order valence-corrected chi connectivity index (χ4v) is 5.68. The molecule has 0 aliphatic heterocycles. The molecule has 4 aromatic rings. The van der Waals surface area contributed by atoms with Crippen molar-refractivity contribution < 1.29 is 18.7 Å².